The van der Waals surface area contributed by atoms with Gasteiger partial charge in [0.2, 0.25) is 5.91 Å². The Labute approximate surface area is 180 Å². The average Bonchev–Trinajstić information content (AvgIpc) is 3.11. The topological polar surface area (TPSA) is 45.7 Å². The molecular weight excluding hydrogens is 406 g/mol. The van der Waals surface area contributed by atoms with Crippen LogP contribution >= 0.6 is 22.9 Å². The molecular formula is C22H26ClN3O2S. The Bertz CT molecular complexity index is 986. The van der Waals surface area contributed by atoms with Gasteiger partial charge in [0.1, 0.15) is 5.75 Å². The molecule has 0 radical (unpaired) electrons. The van der Waals surface area contributed by atoms with Crippen molar-refractivity contribution in [3.8, 4) is 5.75 Å². The summed E-state index contributed by atoms with van der Waals surface area (Å²) >= 11 is 7.78. The Morgan fingerprint density at radius 1 is 1.14 bits per heavy atom. The van der Waals surface area contributed by atoms with E-state index in [1.807, 2.05) is 64.3 Å². The minimum atomic E-state index is 0.0267. The number of carbonyl (C=O) groups excluding carboxylic acids is 1. The molecule has 0 aliphatic rings. The van der Waals surface area contributed by atoms with Crippen molar-refractivity contribution in [1.82, 2.24) is 9.88 Å². The Morgan fingerprint density at radius 3 is 2.52 bits per heavy atom. The molecule has 0 atom stereocenters. The van der Waals surface area contributed by atoms with Crippen LogP contribution in [-0.4, -0.2) is 49.6 Å². The normalized spacial score (nSPS) is 11.2. The lowest BCUT2D eigenvalue weighted by molar-refractivity contribution is -0.118. The van der Waals surface area contributed by atoms with Crippen LogP contribution in [0.2, 0.25) is 5.02 Å². The van der Waals surface area contributed by atoms with Crippen molar-refractivity contribution in [2.45, 2.75) is 20.3 Å². The number of aromatic nitrogens is 1. The Balaban J connectivity index is 1.86. The van der Waals surface area contributed by atoms with Gasteiger partial charge >= 0.3 is 0 Å². The molecule has 154 valence electrons. The third-order valence-electron chi connectivity index (χ3n) is 4.63. The van der Waals surface area contributed by atoms with Crippen molar-refractivity contribution in [3.05, 3.63) is 52.5 Å². The van der Waals surface area contributed by atoms with E-state index in [0.717, 1.165) is 33.6 Å². The lowest BCUT2D eigenvalue weighted by atomic mass is 10.1. The number of rotatable bonds is 8. The lowest BCUT2D eigenvalue weighted by Gasteiger charge is -2.22. The van der Waals surface area contributed by atoms with Crippen molar-refractivity contribution in [1.29, 1.82) is 0 Å². The number of benzene rings is 2. The minimum Gasteiger partial charge on any atom is -0.494 e. The zero-order valence-corrected chi connectivity index (χ0v) is 18.8. The van der Waals surface area contributed by atoms with E-state index in [1.54, 1.807) is 4.90 Å². The first-order valence-corrected chi connectivity index (χ1v) is 10.8. The van der Waals surface area contributed by atoms with E-state index in [-0.39, 0.29) is 5.91 Å². The number of carbonyl (C=O) groups is 1. The highest BCUT2D eigenvalue weighted by Gasteiger charge is 2.21. The van der Waals surface area contributed by atoms with Gasteiger partial charge in [-0.1, -0.05) is 35.1 Å². The monoisotopic (exact) mass is 431 g/mol. The Kier molecular flexibility index (Phi) is 7.11. The molecule has 3 rings (SSSR count). The van der Waals surface area contributed by atoms with Crippen molar-refractivity contribution < 1.29 is 9.53 Å². The fourth-order valence-corrected chi connectivity index (χ4v) is 4.19. The first-order chi connectivity index (χ1) is 13.9. The molecule has 2 aromatic carbocycles. The molecule has 0 unspecified atom stereocenters. The van der Waals surface area contributed by atoms with Gasteiger partial charge < -0.3 is 9.64 Å². The summed E-state index contributed by atoms with van der Waals surface area (Å²) < 4.78 is 6.52. The Hall–Kier alpha value is -2.15. The van der Waals surface area contributed by atoms with Crippen LogP contribution in [-0.2, 0) is 11.2 Å². The van der Waals surface area contributed by atoms with Gasteiger partial charge in [0.05, 0.1) is 23.2 Å². The molecule has 1 amide bonds. The zero-order valence-electron chi connectivity index (χ0n) is 17.2. The van der Waals surface area contributed by atoms with Crippen molar-refractivity contribution >= 4 is 44.2 Å². The van der Waals surface area contributed by atoms with E-state index in [4.69, 9.17) is 21.3 Å². The van der Waals surface area contributed by atoms with Gasteiger partial charge in [0.15, 0.2) is 5.13 Å². The summed E-state index contributed by atoms with van der Waals surface area (Å²) in [4.78, 5) is 21.8. The molecule has 0 bridgehead atoms. The second-order valence-electron chi connectivity index (χ2n) is 7.12. The predicted octanol–water partition coefficient (Wildman–Crippen LogP) is 4.79. The van der Waals surface area contributed by atoms with Crippen LogP contribution in [0.5, 0.6) is 5.75 Å². The van der Waals surface area contributed by atoms with E-state index in [9.17, 15) is 4.79 Å². The van der Waals surface area contributed by atoms with Crippen molar-refractivity contribution in [2.24, 2.45) is 0 Å². The predicted molar refractivity (Wildman–Crippen MR) is 122 cm³/mol. The maximum atomic E-state index is 13.2. The van der Waals surface area contributed by atoms with Gasteiger partial charge in [-0.2, -0.15) is 0 Å². The number of likely N-dealkylation sites (N-methyl/N-ethyl adjacent to an activating group) is 1. The van der Waals surface area contributed by atoms with Crippen molar-refractivity contribution in [3.63, 3.8) is 0 Å². The zero-order chi connectivity index (χ0) is 21.0. The fourth-order valence-electron chi connectivity index (χ4n) is 2.97. The number of aryl methyl sites for hydroxylation is 1. The van der Waals surface area contributed by atoms with E-state index in [2.05, 4.69) is 4.90 Å². The first kappa shape index (κ1) is 21.6. The van der Waals surface area contributed by atoms with E-state index >= 15 is 0 Å². The van der Waals surface area contributed by atoms with Gasteiger partial charge in [-0.3, -0.25) is 9.69 Å². The molecule has 3 aromatic rings. The number of ether oxygens (including phenoxy) is 1. The minimum absolute atomic E-state index is 0.0267. The summed E-state index contributed by atoms with van der Waals surface area (Å²) in [5.41, 5.74) is 2.76. The molecule has 0 fully saturated rings. The van der Waals surface area contributed by atoms with Crippen LogP contribution in [0, 0.1) is 6.92 Å². The highest BCUT2D eigenvalue weighted by atomic mass is 35.5. The number of fused-ring (bicyclic) bond motifs is 1. The molecule has 0 aliphatic carbocycles. The van der Waals surface area contributed by atoms with Crippen LogP contribution in [0.25, 0.3) is 10.2 Å². The first-order valence-electron chi connectivity index (χ1n) is 9.61. The summed E-state index contributed by atoms with van der Waals surface area (Å²) in [5.74, 6) is 0.838. The van der Waals surface area contributed by atoms with Gasteiger partial charge in [-0.25, -0.2) is 4.98 Å². The summed E-state index contributed by atoms with van der Waals surface area (Å²) in [7, 11) is 3.99. The lowest BCUT2D eigenvalue weighted by Crippen LogP contribution is -2.37. The van der Waals surface area contributed by atoms with E-state index in [1.165, 1.54) is 11.3 Å². The number of nitrogens with zero attached hydrogens (tertiary/aromatic N) is 3. The summed E-state index contributed by atoms with van der Waals surface area (Å²) in [5, 5.41) is 1.40. The maximum absolute atomic E-state index is 13.2. The molecule has 0 spiro atoms. The number of halogens is 1. The molecule has 29 heavy (non-hydrogen) atoms. The molecule has 0 aliphatic heterocycles. The summed E-state index contributed by atoms with van der Waals surface area (Å²) in [6.45, 7) is 5.87. The fraction of sp³-hybridized carbons (Fsp3) is 0.364. The number of anilines is 1. The third kappa shape index (κ3) is 5.26. The molecule has 0 N–H and O–H groups in total. The second-order valence-corrected chi connectivity index (χ2v) is 8.53. The van der Waals surface area contributed by atoms with Crippen LogP contribution in [0.4, 0.5) is 5.13 Å². The van der Waals surface area contributed by atoms with E-state index in [0.29, 0.717) is 29.7 Å². The number of amides is 1. The molecule has 1 aromatic heterocycles. The maximum Gasteiger partial charge on any atom is 0.233 e. The van der Waals surface area contributed by atoms with Crippen LogP contribution in [0.15, 0.2) is 36.4 Å². The quantitative estimate of drug-likeness (QED) is 0.514. The van der Waals surface area contributed by atoms with Gasteiger partial charge in [-0.05, 0) is 63.3 Å². The Morgan fingerprint density at radius 2 is 1.86 bits per heavy atom. The molecule has 1 heterocycles. The average molecular weight is 432 g/mol. The van der Waals surface area contributed by atoms with Gasteiger partial charge in [-0.15, -0.1) is 0 Å². The van der Waals surface area contributed by atoms with Crippen molar-refractivity contribution in [2.75, 3.05) is 38.7 Å². The standard InChI is InChI=1S/C22H26ClN3O2S/c1-5-28-17-8-6-16(7-9-17)14-20(27)26(13-12-25(3)4)22-24-21-15(2)18(23)10-11-19(21)29-22/h6-11H,5,12-14H2,1-4H3. The van der Waals surface area contributed by atoms with Gasteiger partial charge in [0.25, 0.3) is 0 Å². The number of thiazole rings is 1. The highest BCUT2D eigenvalue weighted by molar-refractivity contribution is 7.22. The number of hydrogen-bond donors (Lipinski definition) is 0. The molecule has 0 saturated heterocycles. The number of hydrogen-bond acceptors (Lipinski definition) is 5. The third-order valence-corrected chi connectivity index (χ3v) is 6.08. The van der Waals surface area contributed by atoms with Crippen LogP contribution in [0.1, 0.15) is 18.1 Å². The van der Waals surface area contributed by atoms with Crippen LogP contribution < -0.4 is 9.64 Å². The molecule has 5 nitrogen and oxygen atoms in total. The SMILES string of the molecule is CCOc1ccc(CC(=O)N(CCN(C)C)c2nc3c(C)c(Cl)ccc3s2)cc1. The second kappa shape index (κ2) is 9.57. The largest absolute Gasteiger partial charge is 0.494 e. The molecule has 7 heteroatoms. The van der Waals surface area contributed by atoms with E-state index < -0.39 is 0 Å². The summed E-state index contributed by atoms with van der Waals surface area (Å²) in [6, 6.07) is 11.5. The van der Waals surface area contributed by atoms with Crippen LogP contribution in [0.3, 0.4) is 0 Å². The summed E-state index contributed by atoms with van der Waals surface area (Å²) in [6.07, 6.45) is 0.315. The molecule has 0 saturated carbocycles. The highest BCUT2D eigenvalue weighted by Crippen LogP contribution is 2.33. The smallest absolute Gasteiger partial charge is 0.233 e. The van der Waals surface area contributed by atoms with Gasteiger partial charge in [0, 0.05) is 18.1 Å².